The van der Waals surface area contributed by atoms with Crippen molar-refractivity contribution in [1.29, 1.82) is 0 Å². The molecule has 10 nitrogen and oxygen atoms in total. The van der Waals surface area contributed by atoms with E-state index in [-0.39, 0.29) is 36.1 Å². The number of hydrogen-bond donors (Lipinski definition) is 2. The van der Waals surface area contributed by atoms with E-state index in [1.54, 1.807) is 39.0 Å². The Labute approximate surface area is 199 Å². The molecule has 0 bridgehead atoms. The predicted octanol–water partition coefficient (Wildman–Crippen LogP) is 2.86. The van der Waals surface area contributed by atoms with Crippen molar-refractivity contribution in [2.24, 2.45) is 5.92 Å². The number of nitrogens with one attached hydrogen (secondary N) is 2. The van der Waals surface area contributed by atoms with Gasteiger partial charge in [0.05, 0.1) is 32.4 Å². The largest absolute Gasteiger partial charge is 0.497 e. The molecule has 1 aromatic heterocycles. The van der Waals surface area contributed by atoms with Gasteiger partial charge in [0.1, 0.15) is 22.0 Å². The lowest BCUT2D eigenvalue weighted by Gasteiger charge is -2.31. The van der Waals surface area contributed by atoms with E-state index < -0.39 is 21.9 Å². The molecule has 11 heteroatoms. The molecule has 3 rings (SSSR count). The van der Waals surface area contributed by atoms with E-state index in [1.807, 2.05) is 0 Å². The summed E-state index contributed by atoms with van der Waals surface area (Å²) in [6.07, 6.45) is 1.03. The van der Waals surface area contributed by atoms with Crippen molar-refractivity contribution >= 4 is 27.6 Å². The zero-order chi connectivity index (χ0) is 25.0. The Balaban J connectivity index is 1.85. The van der Waals surface area contributed by atoms with Gasteiger partial charge in [0, 0.05) is 30.5 Å². The van der Waals surface area contributed by atoms with E-state index in [0.29, 0.717) is 41.4 Å². The fraction of sp³-hybridized carbons (Fsp3) is 0.478. The Morgan fingerprint density at radius 2 is 1.91 bits per heavy atom. The molecule has 186 valence electrons. The summed E-state index contributed by atoms with van der Waals surface area (Å²) in [6, 6.07) is 5.04. The van der Waals surface area contributed by atoms with E-state index >= 15 is 0 Å². The second-order valence-corrected chi connectivity index (χ2v) is 9.93. The van der Waals surface area contributed by atoms with Gasteiger partial charge in [0.25, 0.3) is 0 Å². The number of esters is 1. The highest BCUT2D eigenvalue weighted by Crippen LogP contribution is 2.32. The van der Waals surface area contributed by atoms with Crippen LogP contribution < -0.4 is 14.8 Å². The lowest BCUT2D eigenvalue weighted by molar-refractivity contribution is -0.120. The summed E-state index contributed by atoms with van der Waals surface area (Å²) in [5.41, 5.74) is 1.22. The summed E-state index contributed by atoms with van der Waals surface area (Å²) in [5.74, 6) is -0.579. The zero-order valence-electron chi connectivity index (χ0n) is 20.1. The lowest BCUT2D eigenvalue weighted by atomic mass is 9.98. The number of amides is 1. The molecule has 0 saturated carbocycles. The first-order chi connectivity index (χ1) is 16.1. The average molecular weight is 494 g/mol. The van der Waals surface area contributed by atoms with Gasteiger partial charge in [-0.2, -0.15) is 4.31 Å². The number of H-pyrrole nitrogens is 1. The number of aromatic amines is 1. The van der Waals surface area contributed by atoms with Gasteiger partial charge in [-0.15, -0.1) is 0 Å². The van der Waals surface area contributed by atoms with Crippen LogP contribution in [0.2, 0.25) is 0 Å². The molecule has 1 aromatic carbocycles. The second-order valence-electron chi connectivity index (χ2n) is 8.06. The molecule has 1 amide bonds. The molecule has 0 aliphatic carbocycles. The Hall–Kier alpha value is -3.05. The maximum absolute atomic E-state index is 13.6. The molecule has 1 atom stereocenters. The van der Waals surface area contributed by atoms with E-state index in [4.69, 9.17) is 14.2 Å². The van der Waals surface area contributed by atoms with Gasteiger partial charge in [-0.1, -0.05) is 0 Å². The lowest BCUT2D eigenvalue weighted by Crippen LogP contribution is -2.44. The van der Waals surface area contributed by atoms with Gasteiger partial charge in [-0.25, -0.2) is 13.2 Å². The first-order valence-corrected chi connectivity index (χ1v) is 12.5. The topological polar surface area (TPSA) is 127 Å². The smallest absolute Gasteiger partial charge is 0.341 e. The number of carbonyl (C=O) groups is 2. The van der Waals surface area contributed by atoms with Gasteiger partial charge in [-0.05, 0) is 45.7 Å². The minimum absolute atomic E-state index is 0.00652. The van der Waals surface area contributed by atoms with Crippen molar-refractivity contribution in [2.75, 3.05) is 39.2 Å². The molecule has 0 radical (unpaired) electrons. The van der Waals surface area contributed by atoms with E-state index in [1.165, 1.54) is 18.5 Å². The number of sulfonamides is 1. The quantitative estimate of drug-likeness (QED) is 0.541. The molecule has 2 N–H and O–H groups in total. The SMILES string of the molecule is CCOC(=O)c1c(C)[nH]c(C)c1S(=O)(=O)N1CCC[C@H](C(=O)Nc2cc(OC)ccc2OC)C1. The third kappa shape index (κ3) is 5.05. The van der Waals surface area contributed by atoms with Gasteiger partial charge in [-0.3, -0.25) is 4.79 Å². The monoisotopic (exact) mass is 493 g/mol. The van der Waals surface area contributed by atoms with Crippen molar-refractivity contribution < 1.29 is 32.2 Å². The van der Waals surface area contributed by atoms with Crippen LogP contribution in [0.25, 0.3) is 0 Å². The number of methoxy groups -OCH3 is 2. The van der Waals surface area contributed by atoms with Gasteiger partial charge in [0.2, 0.25) is 15.9 Å². The van der Waals surface area contributed by atoms with Crippen LogP contribution >= 0.6 is 0 Å². The fourth-order valence-corrected chi connectivity index (χ4v) is 6.12. The van der Waals surface area contributed by atoms with Crippen LogP contribution in [0.4, 0.5) is 5.69 Å². The van der Waals surface area contributed by atoms with Crippen molar-refractivity contribution in [3.05, 3.63) is 35.2 Å². The summed E-state index contributed by atoms with van der Waals surface area (Å²) < 4.78 is 44.1. The number of carbonyl (C=O) groups excluding carboxylic acids is 2. The standard InChI is InChI=1S/C23H31N3O7S/c1-6-33-23(28)20-14(2)24-15(3)21(20)34(29,30)26-11-7-8-16(13-26)22(27)25-18-12-17(31-4)9-10-19(18)32-5/h9-10,12,16,24H,6-8,11,13H2,1-5H3,(H,25,27)/t16-/m0/s1. The third-order valence-corrected chi connectivity index (χ3v) is 7.85. The van der Waals surface area contributed by atoms with Crippen LogP contribution in [0.3, 0.4) is 0 Å². The number of piperidine rings is 1. The number of aromatic nitrogens is 1. The van der Waals surface area contributed by atoms with Crippen LogP contribution in [0.5, 0.6) is 11.5 Å². The minimum atomic E-state index is -4.05. The predicted molar refractivity (Wildman–Crippen MR) is 126 cm³/mol. The first kappa shape index (κ1) is 25.6. The molecule has 1 aliphatic heterocycles. The minimum Gasteiger partial charge on any atom is -0.497 e. The number of aryl methyl sites for hydroxylation is 2. The highest BCUT2D eigenvalue weighted by Gasteiger charge is 2.38. The summed E-state index contributed by atoms with van der Waals surface area (Å²) in [4.78, 5) is 28.4. The van der Waals surface area contributed by atoms with Crippen molar-refractivity contribution in [3.8, 4) is 11.5 Å². The number of hydrogen-bond acceptors (Lipinski definition) is 7. The summed E-state index contributed by atoms with van der Waals surface area (Å²) in [6.45, 7) is 5.26. The van der Waals surface area contributed by atoms with Gasteiger partial charge < -0.3 is 24.5 Å². The third-order valence-electron chi connectivity index (χ3n) is 5.81. The Morgan fingerprint density at radius 1 is 1.18 bits per heavy atom. The molecule has 1 saturated heterocycles. The van der Waals surface area contributed by atoms with Crippen LogP contribution in [0, 0.1) is 19.8 Å². The highest BCUT2D eigenvalue weighted by atomic mass is 32.2. The van der Waals surface area contributed by atoms with E-state index in [9.17, 15) is 18.0 Å². The zero-order valence-corrected chi connectivity index (χ0v) is 20.9. The molecule has 2 heterocycles. The van der Waals surface area contributed by atoms with Gasteiger partial charge in [0.15, 0.2) is 0 Å². The Bertz CT molecular complexity index is 1170. The van der Waals surface area contributed by atoms with Gasteiger partial charge >= 0.3 is 5.97 Å². The van der Waals surface area contributed by atoms with E-state index in [2.05, 4.69) is 10.3 Å². The maximum Gasteiger partial charge on any atom is 0.341 e. The summed E-state index contributed by atoms with van der Waals surface area (Å²) >= 11 is 0. The number of benzene rings is 1. The number of anilines is 1. The summed E-state index contributed by atoms with van der Waals surface area (Å²) in [7, 11) is -1.04. The molecule has 0 spiro atoms. The van der Waals surface area contributed by atoms with Crippen molar-refractivity contribution in [2.45, 2.75) is 38.5 Å². The second kappa shape index (κ2) is 10.5. The fourth-order valence-electron chi connectivity index (χ4n) is 4.18. The molecule has 0 unspecified atom stereocenters. The molecule has 2 aromatic rings. The Morgan fingerprint density at radius 3 is 2.56 bits per heavy atom. The molecule has 34 heavy (non-hydrogen) atoms. The Kier molecular flexibility index (Phi) is 7.88. The van der Waals surface area contributed by atoms with E-state index in [0.717, 1.165) is 0 Å². The number of ether oxygens (including phenoxy) is 3. The van der Waals surface area contributed by atoms with Crippen LogP contribution in [-0.4, -0.2) is 63.5 Å². The molecule has 1 fully saturated rings. The molecular weight excluding hydrogens is 462 g/mol. The van der Waals surface area contributed by atoms with Crippen molar-refractivity contribution in [1.82, 2.24) is 9.29 Å². The number of rotatable bonds is 8. The van der Waals surface area contributed by atoms with Crippen LogP contribution in [-0.2, 0) is 19.6 Å². The maximum atomic E-state index is 13.6. The highest BCUT2D eigenvalue weighted by molar-refractivity contribution is 7.89. The summed E-state index contributed by atoms with van der Waals surface area (Å²) in [5, 5.41) is 2.83. The first-order valence-electron chi connectivity index (χ1n) is 11.0. The molecular formula is C23H31N3O7S. The average Bonchev–Trinajstić information content (AvgIpc) is 3.13. The molecule has 1 aliphatic rings. The number of nitrogens with zero attached hydrogens (tertiary/aromatic N) is 1. The van der Waals surface area contributed by atoms with Crippen molar-refractivity contribution in [3.63, 3.8) is 0 Å². The normalized spacial score (nSPS) is 16.7. The van der Waals surface area contributed by atoms with Crippen LogP contribution in [0.15, 0.2) is 23.1 Å². The van der Waals surface area contributed by atoms with Crippen LogP contribution in [0.1, 0.15) is 41.5 Å².